The maximum absolute atomic E-state index is 12.6. The van der Waals surface area contributed by atoms with Crippen LogP contribution in [0.2, 0.25) is 0 Å². The Labute approximate surface area is 189 Å². The summed E-state index contributed by atoms with van der Waals surface area (Å²) >= 11 is 1.02. The van der Waals surface area contributed by atoms with Crippen molar-refractivity contribution >= 4 is 47.1 Å². The summed E-state index contributed by atoms with van der Waals surface area (Å²) in [6.45, 7) is 3.11. The third-order valence-corrected chi connectivity index (χ3v) is 5.31. The highest BCUT2D eigenvalue weighted by atomic mass is 127. The van der Waals surface area contributed by atoms with Gasteiger partial charge in [0.15, 0.2) is 11.7 Å². The second kappa shape index (κ2) is 11.0. The molecule has 0 saturated carbocycles. The van der Waals surface area contributed by atoms with Gasteiger partial charge in [-0.2, -0.15) is 13.2 Å². The molecule has 0 bridgehead atoms. The van der Waals surface area contributed by atoms with Crippen LogP contribution in [0.25, 0.3) is 0 Å². The van der Waals surface area contributed by atoms with Gasteiger partial charge in [-0.1, -0.05) is 0 Å². The van der Waals surface area contributed by atoms with Crippen LogP contribution in [0.5, 0.6) is 0 Å². The summed E-state index contributed by atoms with van der Waals surface area (Å²) in [6.07, 6.45) is 0.212. The zero-order chi connectivity index (χ0) is 20.0. The minimum atomic E-state index is -4.39. The number of hydrogen-bond acceptors (Lipinski definition) is 5. The highest BCUT2D eigenvalue weighted by molar-refractivity contribution is 14.0. The van der Waals surface area contributed by atoms with E-state index in [1.807, 2.05) is 12.3 Å². The number of aliphatic imine (C=N–C) groups is 1. The second-order valence-corrected chi connectivity index (χ2v) is 7.39. The van der Waals surface area contributed by atoms with Crippen LogP contribution in [0.15, 0.2) is 28.7 Å². The highest BCUT2D eigenvalue weighted by Crippen LogP contribution is 2.30. The highest BCUT2D eigenvalue weighted by Gasteiger charge is 2.33. The Morgan fingerprint density at radius 2 is 2.03 bits per heavy atom. The molecule has 2 N–H and O–H groups in total. The first kappa shape index (κ1) is 23.6. The predicted octanol–water partition coefficient (Wildman–Crippen LogP) is 3.68. The number of nitrogens with one attached hydrogen (secondary N) is 2. The van der Waals surface area contributed by atoms with Crippen molar-refractivity contribution < 1.29 is 13.2 Å². The van der Waals surface area contributed by atoms with E-state index in [4.69, 9.17) is 0 Å². The number of aromatic nitrogens is 2. The molecule has 0 atom stereocenters. The summed E-state index contributed by atoms with van der Waals surface area (Å²) < 4.78 is 37.8. The molecule has 3 heterocycles. The number of alkyl halides is 3. The van der Waals surface area contributed by atoms with Crippen LogP contribution in [0.1, 0.15) is 29.1 Å². The Kier molecular flexibility index (Phi) is 8.93. The molecule has 160 valence electrons. The molecule has 1 aliphatic rings. The van der Waals surface area contributed by atoms with Gasteiger partial charge in [-0.05, 0) is 30.5 Å². The number of nitrogens with zero attached hydrogens (tertiary/aromatic N) is 4. The molecule has 0 amide bonds. The summed E-state index contributed by atoms with van der Waals surface area (Å²) in [6, 6.07) is 4.02. The molecule has 11 heteroatoms. The van der Waals surface area contributed by atoms with Crippen molar-refractivity contribution in [3.05, 3.63) is 40.0 Å². The van der Waals surface area contributed by atoms with E-state index in [9.17, 15) is 13.2 Å². The average Bonchev–Trinajstić information content (AvgIpc) is 3.36. The topological polar surface area (TPSA) is 65.4 Å². The third kappa shape index (κ3) is 6.98. The number of anilines is 1. The zero-order valence-corrected chi connectivity index (χ0v) is 19.1. The molecule has 0 aliphatic carbocycles. The zero-order valence-electron chi connectivity index (χ0n) is 16.0. The molecule has 2 aromatic rings. The molecule has 0 aromatic carbocycles. The number of rotatable bonds is 6. The Balaban J connectivity index is 0.00000300. The minimum absolute atomic E-state index is 0. The van der Waals surface area contributed by atoms with Crippen LogP contribution in [-0.2, 0) is 19.1 Å². The molecule has 1 saturated heterocycles. The first-order chi connectivity index (χ1) is 13.5. The van der Waals surface area contributed by atoms with Crippen LogP contribution < -0.4 is 15.5 Å². The molecule has 1 aliphatic heterocycles. The smallest absolute Gasteiger partial charge is 0.357 e. The SMILES string of the molecule is CN=C(NCCc1nc(C(F)(F)F)cs1)NCc1ccnc(N2CCCC2)c1.I. The molecule has 2 aromatic heterocycles. The molecular formula is C18H24F3IN6S. The molecule has 0 unspecified atom stereocenters. The maximum atomic E-state index is 12.6. The number of thiazole rings is 1. The van der Waals surface area contributed by atoms with Crippen molar-refractivity contribution in [2.45, 2.75) is 32.0 Å². The average molecular weight is 540 g/mol. The monoisotopic (exact) mass is 540 g/mol. The van der Waals surface area contributed by atoms with Gasteiger partial charge in [0.2, 0.25) is 0 Å². The van der Waals surface area contributed by atoms with E-state index in [0.29, 0.717) is 30.5 Å². The minimum Gasteiger partial charge on any atom is -0.357 e. The number of guanidine groups is 1. The predicted molar refractivity (Wildman–Crippen MR) is 120 cm³/mol. The van der Waals surface area contributed by atoms with E-state index in [1.165, 1.54) is 12.8 Å². The van der Waals surface area contributed by atoms with E-state index < -0.39 is 11.9 Å². The van der Waals surface area contributed by atoms with Crippen molar-refractivity contribution in [3.8, 4) is 0 Å². The van der Waals surface area contributed by atoms with Gasteiger partial charge >= 0.3 is 6.18 Å². The first-order valence-electron chi connectivity index (χ1n) is 9.11. The summed E-state index contributed by atoms with van der Waals surface area (Å²) in [7, 11) is 1.66. The van der Waals surface area contributed by atoms with Crippen LogP contribution >= 0.6 is 35.3 Å². The number of halogens is 4. The Morgan fingerprint density at radius 1 is 1.28 bits per heavy atom. The largest absolute Gasteiger partial charge is 0.434 e. The fourth-order valence-corrected chi connectivity index (χ4v) is 3.74. The Bertz CT molecular complexity index is 805. The van der Waals surface area contributed by atoms with Crippen LogP contribution in [0, 0.1) is 0 Å². The molecule has 6 nitrogen and oxygen atoms in total. The summed E-state index contributed by atoms with van der Waals surface area (Å²) in [5.74, 6) is 1.58. The maximum Gasteiger partial charge on any atom is 0.434 e. The normalized spacial score (nSPS) is 14.6. The van der Waals surface area contributed by atoms with Gasteiger partial charge in [-0.15, -0.1) is 35.3 Å². The summed E-state index contributed by atoms with van der Waals surface area (Å²) in [5, 5.41) is 7.81. The summed E-state index contributed by atoms with van der Waals surface area (Å²) in [4.78, 5) is 14.5. The Hall–Kier alpha value is -1.63. The molecule has 1 fully saturated rings. The van der Waals surface area contributed by atoms with Gasteiger partial charge in [0, 0.05) is 51.2 Å². The fourth-order valence-electron chi connectivity index (χ4n) is 2.94. The van der Waals surface area contributed by atoms with Crippen molar-refractivity contribution in [2.24, 2.45) is 4.99 Å². The molecule has 0 spiro atoms. The molecular weight excluding hydrogens is 516 g/mol. The van der Waals surface area contributed by atoms with Crippen LogP contribution in [0.3, 0.4) is 0 Å². The van der Waals surface area contributed by atoms with Gasteiger partial charge in [-0.25, -0.2) is 9.97 Å². The fraction of sp³-hybridized carbons (Fsp3) is 0.500. The lowest BCUT2D eigenvalue weighted by molar-refractivity contribution is -0.140. The van der Waals surface area contributed by atoms with E-state index in [2.05, 4.69) is 36.6 Å². The van der Waals surface area contributed by atoms with E-state index >= 15 is 0 Å². The van der Waals surface area contributed by atoms with Crippen molar-refractivity contribution in [1.29, 1.82) is 0 Å². The Morgan fingerprint density at radius 3 is 2.69 bits per heavy atom. The van der Waals surface area contributed by atoms with Crippen molar-refractivity contribution in [1.82, 2.24) is 20.6 Å². The molecule has 3 rings (SSSR count). The lowest BCUT2D eigenvalue weighted by atomic mass is 10.2. The van der Waals surface area contributed by atoms with E-state index in [1.54, 1.807) is 7.05 Å². The lowest BCUT2D eigenvalue weighted by Gasteiger charge is -2.17. The standard InChI is InChI=1S/C18H23F3N6S.HI/c1-22-17(24-7-5-16-26-14(12-28-16)18(19,20)21)25-11-13-4-6-23-15(10-13)27-8-2-3-9-27;/h4,6,10,12H,2-3,5,7-9,11H2,1H3,(H2,22,24,25);1H. The second-order valence-electron chi connectivity index (χ2n) is 6.44. The van der Waals surface area contributed by atoms with Crippen LogP contribution in [0.4, 0.5) is 19.0 Å². The molecule has 29 heavy (non-hydrogen) atoms. The van der Waals surface area contributed by atoms with Gasteiger partial charge in [-0.3, -0.25) is 4.99 Å². The molecule has 0 radical (unpaired) electrons. The van der Waals surface area contributed by atoms with E-state index in [0.717, 1.165) is 41.2 Å². The van der Waals surface area contributed by atoms with Gasteiger partial charge in [0.1, 0.15) is 5.82 Å². The van der Waals surface area contributed by atoms with E-state index in [-0.39, 0.29) is 24.0 Å². The summed E-state index contributed by atoms with van der Waals surface area (Å²) in [5.41, 5.74) is 0.260. The van der Waals surface area contributed by atoms with Gasteiger partial charge in [0.05, 0.1) is 5.01 Å². The van der Waals surface area contributed by atoms with Crippen molar-refractivity contribution in [3.63, 3.8) is 0 Å². The van der Waals surface area contributed by atoms with Crippen molar-refractivity contribution in [2.75, 3.05) is 31.6 Å². The number of hydrogen-bond donors (Lipinski definition) is 2. The quantitative estimate of drug-likeness (QED) is 0.333. The third-order valence-electron chi connectivity index (χ3n) is 4.40. The van der Waals surface area contributed by atoms with Crippen LogP contribution in [-0.4, -0.2) is 42.6 Å². The van der Waals surface area contributed by atoms with Gasteiger partial charge < -0.3 is 15.5 Å². The lowest BCUT2D eigenvalue weighted by Crippen LogP contribution is -2.37. The van der Waals surface area contributed by atoms with Gasteiger partial charge in [0.25, 0.3) is 0 Å². The number of pyridine rings is 1. The first-order valence-corrected chi connectivity index (χ1v) is 9.99.